The Morgan fingerprint density at radius 1 is 0.586 bits per heavy atom. The van der Waals surface area contributed by atoms with E-state index in [9.17, 15) is 0 Å². The third-order valence-electron chi connectivity index (χ3n) is 4.14. The van der Waals surface area contributed by atoms with E-state index in [2.05, 4.69) is 108 Å². The van der Waals surface area contributed by atoms with Crippen molar-refractivity contribution in [1.29, 1.82) is 0 Å². The van der Waals surface area contributed by atoms with E-state index in [1.165, 1.54) is 0 Å². The first kappa shape index (κ1) is 35.3. The molecule has 0 aliphatic carbocycles. The van der Waals surface area contributed by atoms with E-state index in [1.807, 2.05) is 6.08 Å². The molecule has 0 aliphatic rings. The van der Waals surface area contributed by atoms with E-state index in [0.29, 0.717) is 0 Å². The summed E-state index contributed by atoms with van der Waals surface area (Å²) in [5, 5.41) is 0. The monoisotopic (exact) mass is 574 g/mol. The van der Waals surface area contributed by atoms with Crippen molar-refractivity contribution in [3.05, 3.63) is 6.08 Å². The van der Waals surface area contributed by atoms with Crippen LogP contribution in [0.5, 0.6) is 0 Å². The van der Waals surface area contributed by atoms with E-state index >= 15 is 0 Å². The third kappa shape index (κ3) is 22.7. The minimum Gasteiger partial charge on any atom is -0.0988 e. The molecule has 0 aromatic rings. The van der Waals surface area contributed by atoms with Crippen LogP contribution in [0.1, 0.15) is 104 Å². The van der Waals surface area contributed by atoms with E-state index in [-0.39, 0.29) is 21.3 Å². The molecule has 180 valence electrons. The fourth-order valence-corrected chi connectivity index (χ4v) is 12.3. The van der Waals surface area contributed by atoms with Crippen molar-refractivity contribution >= 4 is 39.5 Å². The van der Waals surface area contributed by atoms with E-state index in [1.54, 1.807) is 0 Å². The van der Waals surface area contributed by atoms with Gasteiger partial charge in [-0.1, -0.05) is 98.9 Å². The van der Waals surface area contributed by atoms with E-state index in [0.717, 1.165) is 34.0 Å². The number of halogens is 2. The van der Waals surface area contributed by atoms with Gasteiger partial charge < -0.3 is 0 Å². The van der Waals surface area contributed by atoms with Crippen LogP contribution in [0, 0.1) is 5.41 Å². The van der Waals surface area contributed by atoms with Gasteiger partial charge in [0, 0.05) is 0 Å². The molecule has 0 heterocycles. The average molecular weight is 575 g/mol. The number of hydrogen-bond acceptors (Lipinski definition) is 0. The van der Waals surface area contributed by atoms with Gasteiger partial charge in [0.1, 0.15) is 0 Å². The minimum absolute atomic E-state index is 0.163. The maximum Gasteiger partial charge on any atom is -0.0261 e. The summed E-state index contributed by atoms with van der Waals surface area (Å²) in [6, 6.07) is 0. The van der Waals surface area contributed by atoms with Gasteiger partial charge in [-0.2, -0.15) is 0 Å². The van der Waals surface area contributed by atoms with Gasteiger partial charge in [0.25, 0.3) is 0 Å². The van der Waals surface area contributed by atoms with Crippen LogP contribution in [0.2, 0.25) is 0 Å². The molecule has 5 heteroatoms. The summed E-state index contributed by atoms with van der Waals surface area (Å²) in [6.45, 7) is 34.5. The Labute approximate surface area is 201 Å². The van der Waals surface area contributed by atoms with Crippen molar-refractivity contribution in [2.24, 2.45) is 5.41 Å². The van der Waals surface area contributed by atoms with Crippen LogP contribution >= 0.6 is 35.2 Å². The topological polar surface area (TPSA) is 0 Å². The van der Waals surface area contributed by atoms with Crippen molar-refractivity contribution in [3.63, 3.8) is 0 Å². The molecule has 0 rings (SSSR count). The molecule has 0 fully saturated rings. The van der Waals surface area contributed by atoms with Crippen molar-refractivity contribution in [2.75, 3.05) is 0 Å². The minimum atomic E-state index is -1.67. The standard InChI is InChI=1S/2C9H21P.C6H10.2ClH.Ru/c2*1-7(2)10(8(3)4)9(5)6;1-5-6(2,3)4;;;/h2*7-9H,1-6H3;5H,2-4H3;2*1H;/q;;;;;+2/p-2. The molecule has 0 spiro atoms. The molecule has 0 aromatic carbocycles. The zero-order valence-corrected chi connectivity index (χ0v) is 27.1. The van der Waals surface area contributed by atoms with Crippen molar-refractivity contribution in [3.8, 4) is 0 Å². The normalized spacial score (nSPS) is 12.5. The summed E-state index contributed by atoms with van der Waals surface area (Å²) in [5.74, 6) is 0. The molecule has 0 saturated heterocycles. The quantitative estimate of drug-likeness (QED) is 0.219. The first-order chi connectivity index (χ1) is 12.8. The molecule has 0 nitrogen and oxygen atoms in total. The summed E-state index contributed by atoms with van der Waals surface area (Å²) < 4.78 is 2.93. The Kier molecular flexibility index (Phi) is 22.1. The number of hydrogen-bond donors (Lipinski definition) is 0. The third-order valence-corrected chi connectivity index (χ3v) is 12.8. The van der Waals surface area contributed by atoms with Gasteiger partial charge in [0.15, 0.2) is 0 Å². The van der Waals surface area contributed by atoms with Gasteiger partial charge in [0.05, 0.1) is 0 Å². The maximum atomic E-state index is 5.55. The SMILES string of the molecule is CC(C)(C)C=[C]=[Ru]([Cl])[Cl].CC(C)P(C(C)C)C(C)C.CC(C)P(C(C)C)C(C)C. The van der Waals surface area contributed by atoms with Gasteiger partial charge in [-0.05, 0) is 34.0 Å². The van der Waals surface area contributed by atoms with Gasteiger partial charge in [-0.25, -0.2) is 0 Å². The summed E-state index contributed by atoms with van der Waals surface area (Å²) in [6.07, 6.45) is 1.94. The van der Waals surface area contributed by atoms with Crippen LogP contribution in [-0.4, -0.2) is 38.2 Å². The maximum absolute atomic E-state index is 5.55. The van der Waals surface area contributed by atoms with Gasteiger partial charge in [0.2, 0.25) is 0 Å². The predicted octanol–water partition coefficient (Wildman–Crippen LogP) is 10.3. The van der Waals surface area contributed by atoms with Crippen LogP contribution in [-0.2, 0) is 13.5 Å². The molecular weight excluding hydrogens is 522 g/mol. The van der Waals surface area contributed by atoms with Crippen LogP contribution in [0.3, 0.4) is 0 Å². The van der Waals surface area contributed by atoms with Gasteiger partial charge in [-0.3, -0.25) is 0 Å². The van der Waals surface area contributed by atoms with Crippen molar-refractivity contribution in [1.82, 2.24) is 0 Å². The molecule has 0 N–H and O–H groups in total. The van der Waals surface area contributed by atoms with Crippen molar-refractivity contribution in [2.45, 2.75) is 138 Å². The number of rotatable bonds is 6. The second-order valence-electron chi connectivity index (χ2n) is 10.3. The molecule has 0 unspecified atom stereocenters. The molecule has 0 amide bonds. The van der Waals surface area contributed by atoms with Gasteiger partial charge >= 0.3 is 69.4 Å². The smallest absolute Gasteiger partial charge is 0.0261 e. The Bertz CT molecular complexity index is 392. The van der Waals surface area contributed by atoms with E-state index in [4.69, 9.17) is 19.4 Å². The zero-order valence-electron chi connectivity index (χ0n) is 22.0. The number of allylic oxidation sites excluding steroid dienone is 1. The largest absolute Gasteiger partial charge is 0.0988 e. The average Bonchev–Trinajstić information content (AvgIpc) is 2.42. The molecular formula is C24H52Cl2P2Ru. The molecule has 0 saturated carbocycles. The second-order valence-corrected chi connectivity index (χ2v) is 23.6. The first-order valence-corrected chi connectivity index (χ1v) is 19.4. The Hall–Kier alpha value is 1.71. The Morgan fingerprint density at radius 2 is 0.793 bits per heavy atom. The summed E-state index contributed by atoms with van der Waals surface area (Å²) in [7, 11) is 11.6. The fourth-order valence-electron chi connectivity index (χ4n) is 3.77. The van der Waals surface area contributed by atoms with Crippen LogP contribution in [0.25, 0.3) is 0 Å². The van der Waals surface area contributed by atoms with Crippen molar-refractivity contribution < 1.29 is 13.5 Å². The summed E-state index contributed by atoms with van der Waals surface area (Å²) in [5.41, 5.74) is 5.55. The first-order valence-electron chi connectivity index (χ1n) is 11.0. The molecule has 0 aliphatic heterocycles. The fraction of sp³-hybridized carbons (Fsp3) is 0.917. The van der Waals surface area contributed by atoms with Crippen LogP contribution in [0.4, 0.5) is 0 Å². The van der Waals surface area contributed by atoms with Gasteiger partial charge in [-0.15, -0.1) is 0 Å². The Balaban J connectivity index is -0.000000350. The van der Waals surface area contributed by atoms with E-state index < -0.39 is 13.5 Å². The second kappa shape index (κ2) is 18.2. The van der Waals surface area contributed by atoms with Crippen LogP contribution in [0.15, 0.2) is 6.08 Å². The summed E-state index contributed by atoms with van der Waals surface area (Å²) in [4.78, 5) is 0. The molecule has 29 heavy (non-hydrogen) atoms. The molecule has 0 radical (unpaired) electrons. The molecule has 0 atom stereocenters. The molecule has 0 bridgehead atoms. The molecule has 0 aromatic heterocycles. The van der Waals surface area contributed by atoms with Crippen LogP contribution < -0.4 is 0 Å². The summed E-state index contributed by atoms with van der Waals surface area (Å²) >= 11 is -1.67. The predicted molar refractivity (Wildman–Crippen MR) is 145 cm³/mol. The Morgan fingerprint density at radius 3 is 0.828 bits per heavy atom. The zero-order chi connectivity index (χ0) is 24.1.